The molecule has 1 unspecified atom stereocenters. The van der Waals surface area contributed by atoms with Gasteiger partial charge < -0.3 is 10.5 Å². The van der Waals surface area contributed by atoms with Crippen molar-refractivity contribution >= 4 is 11.6 Å². The monoisotopic (exact) mass is 303 g/mol. The highest BCUT2D eigenvalue weighted by Crippen LogP contribution is 2.35. The highest BCUT2D eigenvalue weighted by Gasteiger charge is 2.11. The van der Waals surface area contributed by atoms with E-state index in [-0.39, 0.29) is 6.04 Å². The number of hydrogen-bond acceptors (Lipinski definition) is 2. The summed E-state index contributed by atoms with van der Waals surface area (Å²) in [5, 5.41) is 0.619. The number of nitrogens with two attached hydrogens (primary N) is 1. The van der Waals surface area contributed by atoms with Crippen molar-refractivity contribution in [3.63, 3.8) is 0 Å². The molecule has 2 aromatic rings. The van der Waals surface area contributed by atoms with E-state index in [4.69, 9.17) is 22.1 Å². The lowest BCUT2D eigenvalue weighted by Crippen LogP contribution is -2.17. The van der Waals surface area contributed by atoms with Crippen molar-refractivity contribution in [3.05, 3.63) is 57.6 Å². The third-order valence-corrected chi connectivity index (χ3v) is 3.93. The van der Waals surface area contributed by atoms with Crippen LogP contribution in [-0.4, -0.2) is 6.04 Å². The fraction of sp³-hybridized carbons (Fsp3) is 0.333. The van der Waals surface area contributed by atoms with E-state index in [0.717, 1.165) is 28.9 Å². The van der Waals surface area contributed by atoms with Gasteiger partial charge in [0.25, 0.3) is 0 Å². The molecule has 1 atom stereocenters. The maximum absolute atomic E-state index is 6.34. The van der Waals surface area contributed by atoms with Gasteiger partial charge in [-0.3, -0.25) is 0 Å². The second kappa shape index (κ2) is 6.50. The summed E-state index contributed by atoms with van der Waals surface area (Å²) in [7, 11) is 0. The predicted molar refractivity (Wildman–Crippen MR) is 89.5 cm³/mol. The Kier molecular flexibility index (Phi) is 4.92. The molecule has 0 radical (unpaired) electrons. The molecule has 2 aromatic carbocycles. The number of ether oxygens (including phenoxy) is 1. The minimum atomic E-state index is 0.120. The first-order chi connectivity index (χ1) is 9.88. The Hall–Kier alpha value is -1.51. The summed E-state index contributed by atoms with van der Waals surface area (Å²) >= 11 is 6.34. The van der Waals surface area contributed by atoms with E-state index < -0.39 is 0 Å². The van der Waals surface area contributed by atoms with E-state index in [2.05, 4.69) is 26.0 Å². The van der Waals surface area contributed by atoms with E-state index >= 15 is 0 Å². The van der Waals surface area contributed by atoms with Gasteiger partial charge in [-0.2, -0.15) is 0 Å². The van der Waals surface area contributed by atoms with Gasteiger partial charge in [-0.05, 0) is 68.5 Å². The molecular weight excluding hydrogens is 282 g/mol. The highest BCUT2D eigenvalue weighted by molar-refractivity contribution is 6.32. The Morgan fingerprint density at radius 2 is 1.76 bits per heavy atom. The van der Waals surface area contributed by atoms with E-state index in [0.29, 0.717) is 10.8 Å². The predicted octanol–water partition coefficient (Wildman–Crippen LogP) is 4.95. The molecule has 0 fully saturated rings. The molecule has 112 valence electrons. The Bertz CT molecular complexity index is 650. The lowest BCUT2D eigenvalue weighted by molar-refractivity contribution is 0.474. The van der Waals surface area contributed by atoms with Gasteiger partial charge in [0, 0.05) is 6.04 Å². The van der Waals surface area contributed by atoms with Gasteiger partial charge in [0.15, 0.2) is 0 Å². The van der Waals surface area contributed by atoms with Crippen LogP contribution in [0.25, 0.3) is 0 Å². The molecule has 0 aliphatic rings. The summed E-state index contributed by atoms with van der Waals surface area (Å²) in [6, 6.07) is 10.2. The van der Waals surface area contributed by atoms with E-state index in [1.807, 2.05) is 32.0 Å². The van der Waals surface area contributed by atoms with Crippen LogP contribution in [0, 0.1) is 20.8 Å². The molecule has 3 heteroatoms. The van der Waals surface area contributed by atoms with Crippen LogP contribution >= 0.6 is 11.6 Å². The first kappa shape index (κ1) is 15.9. The topological polar surface area (TPSA) is 35.2 Å². The van der Waals surface area contributed by atoms with Crippen LogP contribution in [0.5, 0.6) is 11.5 Å². The van der Waals surface area contributed by atoms with Crippen molar-refractivity contribution in [1.82, 2.24) is 0 Å². The van der Waals surface area contributed by atoms with Crippen LogP contribution in [0.1, 0.15) is 29.2 Å². The van der Waals surface area contributed by atoms with E-state index in [1.54, 1.807) is 0 Å². The van der Waals surface area contributed by atoms with Crippen molar-refractivity contribution in [2.24, 2.45) is 5.73 Å². The van der Waals surface area contributed by atoms with Crippen LogP contribution in [0.15, 0.2) is 30.3 Å². The van der Waals surface area contributed by atoms with Crippen molar-refractivity contribution in [2.75, 3.05) is 0 Å². The molecular formula is C18H22ClNO. The minimum absolute atomic E-state index is 0.120. The van der Waals surface area contributed by atoms with Crippen LogP contribution in [0.4, 0.5) is 0 Å². The third-order valence-electron chi connectivity index (χ3n) is 3.64. The van der Waals surface area contributed by atoms with Gasteiger partial charge in [-0.15, -0.1) is 0 Å². The van der Waals surface area contributed by atoms with Crippen LogP contribution in [0.3, 0.4) is 0 Å². The van der Waals surface area contributed by atoms with Gasteiger partial charge >= 0.3 is 0 Å². The molecule has 2 N–H and O–H groups in total. The Balaban J connectivity index is 2.30. The third kappa shape index (κ3) is 3.78. The van der Waals surface area contributed by atoms with Crippen LogP contribution in [0.2, 0.25) is 5.02 Å². The maximum Gasteiger partial charge on any atom is 0.146 e. The number of halogens is 1. The van der Waals surface area contributed by atoms with Crippen molar-refractivity contribution in [2.45, 2.75) is 40.2 Å². The average molecular weight is 304 g/mol. The standard InChI is InChI=1S/C18H22ClNO/c1-11-5-6-12(2)18(14(11)4)21-17-8-7-15(9-13(3)20)10-16(17)19/h5-8,10,13H,9,20H2,1-4H3. The second-order valence-corrected chi connectivity index (χ2v) is 6.11. The summed E-state index contributed by atoms with van der Waals surface area (Å²) in [5.41, 5.74) is 10.4. The van der Waals surface area contributed by atoms with Gasteiger partial charge in [-0.1, -0.05) is 29.8 Å². The number of benzene rings is 2. The summed E-state index contributed by atoms with van der Waals surface area (Å²) < 4.78 is 6.05. The van der Waals surface area contributed by atoms with E-state index in [9.17, 15) is 0 Å². The molecule has 0 saturated carbocycles. The molecule has 0 amide bonds. The molecule has 0 spiro atoms. The molecule has 21 heavy (non-hydrogen) atoms. The number of rotatable bonds is 4. The molecule has 0 saturated heterocycles. The fourth-order valence-electron chi connectivity index (χ4n) is 2.32. The summed E-state index contributed by atoms with van der Waals surface area (Å²) in [6.45, 7) is 8.17. The molecule has 0 aliphatic heterocycles. The minimum Gasteiger partial charge on any atom is -0.455 e. The largest absolute Gasteiger partial charge is 0.455 e. The zero-order valence-corrected chi connectivity index (χ0v) is 13.8. The number of aryl methyl sites for hydroxylation is 2. The van der Waals surface area contributed by atoms with Crippen LogP contribution < -0.4 is 10.5 Å². The van der Waals surface area contributed by atoms with Gasteiger partial charge in [0.1, 0.15) is 11.5 Å². The van der Waals surface area contributed by atoms with Crippen molar-refractivity contribution < 1.29 is 4.74 Å². The lowest BCUT2D eigenvalue weighted by atomic mass is 10.1. The zero-order chi connectivity index (χ0) is 15.6. The number of hydrogen-bond donors (Lipinski definition) is 1. The smallest absolute Gasteiger partial charge is 0.146 e. The molecule has 0 heterocycles. The highest BCUT2D eigenvalue weighted by atomic mass is 35.5. The zero-order valence-electron chi connectivity index (χ0n) is 13.0. The first-order valence-electron chi connectivity index (χ1n) is 7.17. The molecule has 2 nitrogen and oxygen atoms in total. The van der Waals surface area contributed by atoms with Gasteiger partial charge in [0.2, 0.25) is 0 Å². The summed E-state index contributed by atoms with van der Waals surface area (Å²) in [5.74, 6) is 1.57. The lowest BCUT2D eigenvalue weighted by Gasteiger charge is -2.15. The Morgan fingerprint density at radius 3 is 2.38 bits per heavy atom. The van der Waals surface area contributed by atoms with Crippen molar-refractivity contribution in [1.29, 1.82) is 0 Å². The normalized spacial score (nSPS) is 12.3. The molecule has 2 rings (SSSR count). The molecule has 0 aromatic heterocycles. The van der Waals surface area contributed by atoms with Crippen LogP contribution in [-0.2, 0) is 6.42 Å². The fourth-order valence-corrected chi connectivity index (χ4v) is 2.56. The average Bonchev–Trinajstić information content (AvgIpc) is 2.41. The van der Waals surface area contributed by atoms with Gasteiger partial charge in [0.05, 0.1) is 5.02 Å². The summed E-state index contributed by atoms with van der Waals surface area (Å²) in [6.07, 6.45) is 0.808. The summed E-state index contributed by atoms with van der Waals surface area (Å²) in [4.78, 5) is 0. The maximum atomic E-state index is 6.34. The quantitative estimate of drug-likeness (QED) is 0.867. The SMILES string of the molecule is Cc1ccc(C)c(Oc2ccc(CC(C)N)cc2Cl)c1C. The van der Waals surface area contributed by atoms with E-state index in [1.165, 1.54) is 5.56 Å². The Morgan fingerprint density at radius 1 is 1.10 bits per heavy atom. The second-order valence-electron chi connectivity index (χ2n) is 5.70. The first-order valence-corrected chi connectivity index (χ1v) is 7.55. The Labute approximate surface area is 131 Å². The van der Waals surface area contributed by atoms with Crippen molar-refractivity contribution in [3.8, 4) is 11.5 Å². The molecule has 0 aliphatic carbocycles. The molecule has 0 bridgehead atoms. The van der Waals surface area contributed by atoms with Gasteiger partial charge in [-0.25, -0.2) is 0 Å².